The number of urea groups is 1. The number of halogens is 3. The van der Waals surface area contributed by atoms with E-state index < -0.39 is 11.5 Å². The van der Waals surface area contributed by atoms with Crippen molar-refractivity contribution in [3.63, 3.8) is 0 Å². The number of carbonyl (C=O) groups excluding carboxylic acids is 2. The molecule has 0 aliphatic heterocycles. The average molecular weight is 580 g/mol. The Morgan fingerprint density at radius 3 is 2.08 bits per heavy atom. The number of hydrogen-bond donors (Lipinski definition) is 3. The summed E-state index contributed by atoms with van der Waals surface area (Å²) in [6.45, 7) is 6.99. The van der Waals surface area contributed by atoms with Crippen molar-refractivity contribution in [2.45, 2.75) is 75.9 Å². The predicted molar refractivity (Wildman–Crippen MR) is 149 cm³/mol. The molecule has 1 aliphatic carbocycles. The molecule has 7 nitrogen and oxygen atoms in total. The van der Waals surface area contributed by atoms with Gasteiger partial charge in [-0.25, -0.2) is 4.79 Å². The third kappa shape index (κ3) is 9.76. The molecule has 0 aromatic heterocycles. The predicted octanol–water partition coefficient (Wildman–Crippen LogP) is 7.14. The lowest BCUT2D eigenvalue weighted by Gasteiger charge is -2.41. The van der Waals surface area contributed by atoms with Crippen LogP contribution in [0.2, 0.25) is 0 Å². The standard InChI is InChI=1S/C29H36F3N3O4S/c1-28(2,3)21-8-12-23(13-9-21)35(27(39)34-22-10-14-24(15-11-22)40-29(30,31)32)18-19-4-6-20(7-5-19)26(38)33-17-16-25(36)37/h4-7,10-11,14-15,21,23H,8-9,12-13,16-18H2,1-3H3,(H,33,38)(H,34,39)(H,36,37). The van der Waals surface area contributed by atoms with Crippen LogP contribution in [0.4, 0.5) is 23.7 Å². The zero-order chi connectivity index (χ0) is 29.5. The fraction of sp³-hybridized carbons (Fsp3) is 0.483. The molecule has 0 unspecified atom stereocenters. The molecule has 2 aromatic rings. The minimum atomic E-state index is -4.39. The SMILES string of the molecule is CC(C)(C)C1CCC(N(Cc2ccc(C(=O)NCCC(=O)O)cc2)C(=O)Nc2ccc(SC(F)(F)F)cc2)CC1. The molecule has 11 heteroatoms. The molecular weight excluding hydrogens is 543 g/mol. The Balaban J connectivity index is 1.72. The summed E-state index contributed by atoms with van der Waals surface area (Å²) in [4.78, 5) is 38.2. The van der Waals surface area contributed by atoms with Gasteiger partial charge >= 0.3 is 17.5 Å². The van der Waals surface area contributed by atoms with Gasteiger partial charge in [-0.3, -0.25) is 9.59 Å². The molecular formula is C29H36F3N3O4S. The monoisotopic (exact) mass is 579 g/mol. The lowest BCUT2D eigenvalue weighted by molar-refractivity contribution is -0.136. The van der Waals surface area contributed by atoms with Crippen molar-refractivity contribution in [1.82, 2.24) is 10.2 Å². The Labute approximate surface area is 236 Å². The molecule has 1 aliphatic rings. The van der Waals surface area contributed by atoms with Crippen LogP contribution in [-0.4, -0.2) is 46.0 Å². The molecule has 0 heterocycles. The van der Waals surface area contributed by atoms with Crippen molar-refractivity contribution in [1.29, 1.82) is 0 Å². The van der Waals surface area contributed by atoms with Gasteiger partial charge in [0.05, 0.1) is 6.42 Å². The van der Waals surface area contributed by atoms with Crippen LogP contribution in [0.25, 0.3) is 0 Å². The molecule has 1 saturated carbocycles. The van der Waals surface area contributed by atoms with E-state index in [0.717, 1.165) is 31.2 Å². The Bertz CT molecular complexity index is 1160. The number of amides is 3. The topological polar surface area (TPSA) is 98.7 Å². The second-order valence-corrected chi connectivity index (χ2v) is 12.2. The summed E-state index contributed by atoms with van der Waals surface area (Å²) in [6.07, 6.45) is 3.46. The number of aliphatic carboxylic acids is 1. The van der Waals surface area contributed by atoms with E-state index in [2.05, 4.69) is 31.4 Å². The van der Waals surface area contributed by atoms with Crippen LogP contribution in [0.15, 0.2) is 53.4 Å². The first-order chi connectivity index (χ1) is 18.7. The minimum absolute atomic E-state index is 0.0161. The van der Waals surface area contributed by atoms with E-state index in [1.807, 2.05) is 0 Å². The van der Waals surface area contributed by atoms with Gasteiger partial charge in [-0.2, -0.15) is 13.2 Å². The van der Waals surface area contributed by atoms with Gasteiger partial charge in [0.15, 0.2) is 0 Å². The first-order valence-electron chi connectivity index (χ1n) is 13.2. The Hall–Kier alpha value is -3.21. The van der Waals surface area contributed by atoms with Gasteiger partial charge in [-0.05, 0) is 90.7 Å². The number of rotatable bonds is 9. The summed E-state index contributed by atoms with van der Waals surface area (Å²) < 4.78 is 38.0. The molecule has 1 fully saturated rings. The third-order valence-corrected chi connectivity index (χ3v) is 7.90. The quantitative estimate of drug-likeness (QED) is 0.274. The lowest BCUT2D eigenvalue weighted by Crippen LogP contribution is -2.45. The summed E-state index contributed by atoms with van der Waals surface area (Å²) in [7, 11) is 0. The van der Waals surface area contributed by atoms with Crippen molar-refractivity contribution in [2.24, 2.45) is 11.3 Å². The van der Waals surface area contributed by atoms with E-state index in [-0.39, 0.29) is 53.0 Å². The number of carbonyl (C=O) groups is 3. The Morgan fingerprint density at radius 2 is 1.55 bits per heavy atom. The first-order valence-corrected chi connectivity index (χ1v) is 14.1. The smallest absolute Gasteiger partial charge is 0.446 e. The van der Waals surface area contributed by atoms with Gasteiger partial charge in [-0.15, -0.1) is 0 Å². The van der Waals surface area contributed by atoms with Crippen LogP contribution in [0, 0.1) is 11.3 Å². The maximum atomic E-state index is 13.5. The molecule has 3 amide bonds. The normalized spacial score (nSPS) is 17.6. The summed E-state index contributed by atoms with van der Waals surface area (Å²) >= 11 is -0.208. The Morgan fingerprint density at radius 1 is 0.950 bits per heavy atom. The van der Waals surface area contributed by atoms with Crippen LogP contribution in [0.5, 0.6) is 0 Å². The van der Waals surface area contributed by atoms with Crippen LogP contribution in [0.1, 0.15) is 68.8 Å². The molecule has 0 radical (unpaired) electrons. The number of thioether (sulfide) groups is 1. The van der Waals surface area contributed by atoms with Crippen molar-refractivity contribution >= 4 is 35.4 Å². The molecule has 0 saturated heterocycles. The summed E-state index contributed by atoms with van der Waals surface area (Å²) in [5, 5.41) is 14.1. The molecule has 3 rings (SSSR count). The van der Waals surface area contributed by atoms with Gasteiger partial charge in [0.25, 0.3) is 5.91 Å². The number of hydrogen-bond acceptors (Lipinski definition) is 4. The van der Waals surface area contributed by atoms with Crippen LogP contribution in [-0.2, 0) is 11.3 Å². The third-order valence-electron chi connectivity index (χ3n) is 7.16. The number of benzene rings is 2. The highest BCUT2D eigenvalue weighted by molar-refractivity contribution is 8.00. The zero-order valence-electron chi connectivity index (χ0n) is 22.9. The summed E-state index contributed by atoms with van der Waals surface area (Å²) in [5.74, 6) is -0.831. The number of anilines is 1. The van der Waals surface area contributed by atoms with E-state index >= 15 is 0 Å². The molecule has 0 bridgehead atoms. The number of carboxylic acids is 1. The zero-order valence-corrected chi connectivity index (χ0v) is 23.7. The van der Waals surface area contributed by atoms with E-state index in [4.69, 9.17) is 5.11 Å². The highest BCUT2D eigenvalue weighted by atomic mass is 32.2. The fourth-order valence-corrected chi connectivity index (χ4v) is 5.44. The Kier molecular flexibility index (Phi) is 10.5. The van der Waals surface area contributed by atoms with E-state index in [9.17, 15) is 27.6 Å². The summed E-state index contributed by atoms with van der Waals surface area (Å²) in [6, 6.07) is 12.0. The summed E-state index contributed by atoms with van der Waals surface area (Å²) in [5.41, 5.74) is -2.62. The largest absolute Gasteiger partial charge is 0.481 e. The van der Waals surface area contributed by atoms with Gasteiger partial charge in [0, 0.05) is 35.3 Å². The fourth-order valence-electron chi connectivity index (χ4n) is 4.90. The van der Waals surface area contributed by atoms with E-state index in [1.165, 1.54) is 24.3 Å². The maximum absolute atomic E-state index is 13.5. The van der Waals surface area contributed by atoms with E-state index in [1.54, 1.807) is 29.2 Å². The van der Waals surface area contributed by atoms with Crippen molar-refractivity contribution in [3.8, 4) is 0 Å². The van der Waals surface area contributed by atoms with Crippen LogP contribution < -0.4 is 10.6 Å². The van der Waals surface area contributed by atoms with Gasteiger partial charge in [-0.1, -0.05) is 32.9 Å². The molecule has 3 N–H and O–H groups in total. The highest BCUT2D eigenvalue weighted by Crippen LogP contribution is 2.40. The van der Waals surface area contributed by atoms with Crippen molar-refractivity contribution in [2.75, 3.05) is 11.9 Å². The molecule has 40 heavy (non-hydrogen) atoms. The van der Waals surface area contributed by atoms with Crippen molar-refractivity contribution < 1.29 is 32.7 Å². The molecule has 2 aromatic carbocycles. The number of alkyl halides is 3. The number of nitrogens with one attached hydrogen (secondary N) is 2. The average Bonchev–Trinajstić information content (AvgIpc) is 2.87. The minimum Gasteiger partial charge on any atom is -0.481 e. The molecule has 0 atom stereocenters. The maximum Gasteiger partial charge on any atom is 0.446 e. The van der Waals surface area contributed by atoms with Crippen LogP contribution in [0.3, 0.4) is 0 Å². The second-order valence-electron chi connectivity index (χ2n) is 11.1. The highest BCUT2D eigenvalue weighted by Gasteiger charge is 2.34. The second kappa shape index (κ2) is 13.4. The molecule has 218 valence electrons. The molecule has 0 spiro atoms. The lowest BCUT2D eigenvalue weighted by atomic mass is 9.71. The number of nitrogens with zero attached hydrogens (tertiary/aromatic N) is 1. The van der Waals surface area contributed by atoms with E-state index in [0.29, 0.717) is 23.7 Å². The van der Waals surface area contributed by atoms with Crippen molar-refractivity contribution in [3.05, 3.63) is 59.7 Å². The van der Waals surface area contributed by atoms with Gasteiger partial charge in [0.1, 0.15) is 0 Å². The van der Waals surface area contributed by atoms with Gasteiger partial charge in [0.2, 0.25) is 0 Å². The van der Waals surface area contributed by atoms with Gasteiger partial charge < -0.3 is 20.6 Å². The van der Waals surface area contributed by atoms with Crippen LogP contribution >= 0.6 is 11.8 Å². The number of carboxylic acid groups (broad SMARTS) is 1. The first kappa shape index (κ1) is 31.3.